The summed E-state index contributed by atoms with van der Waals surface area (Å²) in [5.74, 6) is -0.213. The average molecular weight is 313 g/mol. The Kier molecular flexibility index (Phi) is 4.89. The summed E-state index contributed by atoms with van der Waals surface area (Å²) >= 11 is 7.46. The topological polar surface area (TPSA) is 15.3 Å². The first kappa shape index (κ1) is 15.1. The van der Waals surface area contributed by atoms with Crippen LogP contribution >= 0.6 is 22.9 Å². The molecule has 0 aliphatic rings. The van der Waals surface area contributed by atoms with E-state index in [0.717, 1.165) is 15.6 Å². The summed E-state index contributed by atoms with van der Waals surface area (Å²) in [7, 11) is 1.89. The van der Waals surface area contributed by atoms with Gasteiger partial charge in [0.2, 0.25) is 0 Å². The summed E-state index contributed by atoms with van der Waals surface area (Å²) in [5.41, 5.74) is 1.39. The number of rotatable bonds is 5. The van der Waals surface area contributed by atoms with Gasteiger partial charge >= 0.3 is 0 Å². The van der Waals surface area contributed by atoms with E-state index in [-0.39, 0.29) is 11.9 Å². The van der Waals surface area contributed by atoms with Crippen LogP contribution in [0.5, 0.6) is 0 Å². The van der Waals surface area contributed by atoms with Crippen LogP contribution in [-0.4, -0.2) is 13.1 Å². The van der Waals surface area contributed by atoms with Crippen LogP contribution in [0.1, 0.15) is 18.7 Å². The molecule has 0 atom stereocenters. The Morgan fingerprint density at radius 3 is 2.65 bits per heavy atom. The lowest BCUT2D eigenvalue weighted by Gasteiger charge is -2.24. The van der Waals surface area contributed by atoms with Gasteiger partial charge in [-0.15, -0.1) is 11.3 Å². The highest BCUT2D eigenvalue weighted by Crippen LogP contribution is 2.25. The summed E-state index contributed by atoms with van der Waals surface area (Å²) in [6, 6.07) is 7.41. The molecule has 0 amide bonds. The second kappa shape index (κ2) is 6.46. The van der Waals surface area contributed by atoms with Crippen LogP contribution in [0.4, 0.5) is 15.8 Å². The molecule has 1 aromatic heterocycles. The third-order valence-corrected chi connectivity index (χ3v) is 4.48. The SMILES string of the molecule is CC(C)N(C)c1ccc(NCc2cc(Cl)cs2)cc1F. The second-order valence-corrected chi connectivity index (χ2v) is 6.39. The van der Waals surface area contributed by atoms with Gasteiger partial charge in [0, 0.05) is 35.6 Å². The maximum Gasteiger partial charge on any atom is 0.148 e. The minimum Gasteiger partial charge on any atom is -0.380 e. The van der Waals surface area contributed by atoms with Gasteiger partial charge in [-0.3, -0.25) is 0 Å². The van der Waals surface area contributed by atoms with Gasteiger partial charge in [0.1, 0.15) is 5.82 Å². The lowest BCUT2D eigenvalue weighted by Crippen LogP contribution is -2.26. The molecule has 1 aromatic carbocycles. The van der Waals surface area contributed by atoms with E-state index < -0.39 is 0 Å². The number of halogens is 2. The van der Waals surface area contributed by atoms with Crippen molar-refractivity contribution in [1.29, 1.82) is 0 Å². The van der Waals surface area contributed by atoms with Gasteiger partial charge in [0.05, 0.1) is 10.7 Å². The van der Waals surface area contributed by atoms with E-state index in [2.05, 4.69) is 5.32 Å². The predicted octanol–water partition coefficient (Wildman–Crippen LogP) is 5.00. The van der Waals surface area contributed by atoms with Gasteiger partial charge in [-0.1, -0.05) is 11.6 Å². The first-order valence-electron chi connectivity index (χ1n) is 6.46. The highest BCUT2D eigenvalue weighted by atomic mass is 35.5. The Balaban J connectivity index is 2.05. The summed E-state index contributed by atoms with van der Waals surface area (Å²) in [6.45, 7) is 4.72. The molecule has 2 aromatic rings. The third kappa shape index (κ3) is 3.64. The standard InChI is InChI=1S/C15H18ClFN2S/c1-10(2)19(3)15-5-4-12(7-14(15)17)18-8-13-6-11(16)9-20-13/h4-7,9-10,18H,8H2,1-3H3. The molecule has 0 fully saturated rings. The summed E-state index contributed by atoms with van der Waals surface area (Å²) < 4.78 is 14.1. The second-order valence-electron chi connectivity index (χ2n) is 4.96. The quantitative estimate of drug-likeness (QED) is 0.836. The fraction of sp³-hybridized carbons (Fsp3) is 0.333. The summed E-state index contributed by atoms with van der Waals surface area (Å²) in [6.07, 6.45) is 0. The minimum atomic E-state index is -0.213. The smallest absolute Gasteiger partial charge is 0.148 e. The highest BCUT2D eigenvalue weighted by molar-refractivity contribution is 7.10. The molecule has 2 rings (SSSR count). The molecular weight excluding hydrogens is 295 g/mol. The van der Waals surface area contributed by atoms with E-state index in [1.807, 2.05) is 43.3 Å². The van der Waals surface area contributed by atoms with Crippen LogP contribution in [0.3, 0.4) is 0 Å². The van der Waals surface area contributed by atoms with Crippen LogP contribution in [0.25, 0.3) is 0 Å². The highest BCUT2D eigenvalue weighted by Gasteiger charge is 2.11. The van der Waals surface area contributed by atoms with Crippen LogP contribution in [0.2, 0.25) is 5.02 Å². The monoisotopic (exact) mass is 312 g/mol. The van der Waals surface area contributed by atoms with Crippen LogP contribution in [0.15, 0.2) is 29.6 Å². The van der Waals surface area contributed by atoms with E-state index in [4.69, 9.17) is 11.6 Å². The van der Waals surface area contributed by atoms with Gasteiger partial charge < -0.3 is 10.2 Å². The van der Waals surface area contributed by atoms with Gasteiger partial charge in [0.25, 0.3) is 0 Å². The summed E-state index contributed by atoms with van der Waals surface area (Å²) in [5, 5.41) is 5.83. The zero-order chi connectivity index (χ0) is 14.7. The predicted molar refractivity (Wildman–Crippen MR) is 86.6 cm³/mol. The van der Waals surface area contributed by atoms with Crippen molar-refractivity contribution < 1.29 is 4.39 Å². The molecule has 1 N–H and O–H groups in total. The molecule has 0 bridgehead atoms. The minimum absolute atomic E-state index is 0.213. The van der Waals surface area contributed by atoms with E-state index in [1.165, 1.54) is 6.07 Å². The Hall–Kier alpha value is -1.26. The fourth-order valence-corrected chi connectivity index (χ4v) is 2.83. The number of benzene rings is 1. The molecular formula is C15H18ClFN2S. The molecule has 0 aliphatic heterocycles. The van der Waals surface area contributed by atoms with Gasteiger partial charge in [0.15, 0.2) is 0 Å². The number of nitrogens with one attached hydrogen (secondary N) is 1. The first-order valence-corrected chi connectivity index (χ1v) is 7.72. The average Bonchev–Trinajstić information content (AvgIpc) is 2.81. The number of hydrogen-bond acceptors (Lipinski definition) is 3. The molecule has 0 radical (unpaired) electrons. The number of anilines is 2. The Morgan fingerprint density at radius 1 is 1.35 bits per heavy atom. The van der Waals surface area contributed by atoms with Crippen LogP contribution in [-0.2, 0) is 6.54 Å². The number of nitrogens with zero attached hydrogens (tertiary/aromatic N) is 1. The normalized spacial score (nSPS) is 10.9. The van der Waals surface area contributed by atoms with E-state index in [1.54, 1.807) is 17.4 Å². The van der Waals surface area contributed by atoms with E-state index >= 15 is 0 Å². The molecule has 0 saturated heterocycles. The molecule has 0 spiro atoms. The van der Waals surface area contributed by atoms with E-state index in [9.17, 15) is 4.39 Å². The molecule has 108 valence electrons. The first-order chi connectivity index (χ1) is 9.47. The molecule has 0 unspecified atom stereocenters. The zero-order valence-corrected chi connectivity index (χ0v) is 13.4. The van der Waals surface area contributed by atoms with Crippen molar-refractivity contribution in [3.8, 4) is 0 Å². The van der Waals surface area contributed by atoms with Crippen molar-refractivity contribution in [2.24, 2.45) is 0 Å². The third-order valence-electron chi connectivity index (χ3n) is 3.19. The van der Waals surface area contributed by atoms with Crippen molar-refractivity contribution in [2.75, 3.05) is 17.3 Å². The zero-order valence-electron chi connectivity index (χ0n) is 11.8. The van der Waals surface area contributed by atoms with Crippen molar-refractivity contribution >= 4 is 34.3 Å². The largest absolute Gasteiger partial charge is 0.380 e. The van der Waals surface area contributed by atoms with Crippen LogP contribution < -0.4 is 10.2 Å². The van der Waals surface area contributed by atoms with Crippen LogP contribution in [0, 0.1) is 5.82 Å². The molecule has 2 nitrogen and oxygen atoms in total. The lowest BCUT2D eigenvalue weighted by atomic mass is 10.2. The fourth-order valence-electron chi connectivity index (χ4n) is 1.82. The summed E-state index contributed by atoms with van der Waals surface area (Å²) in [4.78, 5) is 3.04. The number of hydrogen-bond donors (Lipinski definition) is 1. The maximum absolute atomic E-state index is 14.1. The number of thiophene rings is 1. The lowest BCUT2D eigenvalue weighted by molar-refractivity contribution is 0.614. The molecule has 0 saturated carbocycles. The molecule has 5 heteroatoms. The van der Waals surface area contributed by atoms with Crippen molar-refractivity contribution in [3.05, 3.63) is 45.4 Å². The van der Waals surface area contributed by atoms with Crippen molar-refractivity contribution in [3.63, 3.8) is 0 Å². The van der Waals surface area contributed by atoms with Gasteiger partial charge in [-0.05, 0) is 38.1 Å². The molecule has 0 aliphatic carbocycles. The molecule has 20 heavy (non-hydrogen) atoms. The maximum atomic E-state index is 14.1. The Bertz CT molecular complexity index is 583. The van der Waals surface area contributed by atoms with E-state index in [0.29, 0.717) is 12.2 Å². The van der Waals surface area contributed by atoms with Gasteiger partial charge in [-0.2, -0.15) is 0 Å². The van der Waals surface area contributed by atoms with Crippen molar-refractivity contribution in [2.45, 2.75) is 26.4 Å². The molecule has 1 heterocycles. The Morgan fingerprint density at radius 2 is 2.10 bits per heavy atom. The van der Waals surface area contributed by atoms with Gasteiger partial charge in [-0.25, -0.2) is 4.39 Å². The Labute approximate surface area is 128 Å². The van der Waals surface area contributed by atoms with Crippen molar-refractivity contribution in [1.82, 2.24) is 0 Å².